The highest BCUT2D eigenvalue weighted by Gasteiger charge is 2.55. The van der Waals surface area contributed by atoms with Gasteiger partial charge in [0.05, 0.1) is 16.8 Å². The number of hydrogen-bond acceptors (Lipinski definition) is 3. The summed E-state index contributed by atoms with van der Waals surface area (Å²) in [7, 11) is 0. The van der Waals surface area contributed by atoms with Crippen molar-refractivity contribution in [3.8, 4) is 22.3 Å². The molecule has 4 aliphatic rings. The van der Waals surface area contributed by atoms with Gasteiger partial charge in [-0.3, -0.25) is 0 Å². The number of aryl methyl sites for hydroxylation is 1. The van der Waals surface area contributed by atoms with Crippen LogP contribution in [-0.4, -0.2) is 6.85 Å². The Morgan fingerprint density at radius 1 is 0.515 bits per heavy atom. The van der Waals surface area contributed by atoms with E-state index in [4.69, 9.17) is 4.42 Å². The maximum absolute atomic E-state index is 7.74. The highest BCUT2D eigenvalue weighted by Crippen LogP contribution is 2.61. The second kappa shape index (κ2) is 14.2. The molecule has 68 heavy (non-hydrogen) atoms. The molecule has 0 unspecified atom stereocenters. The van der Waals surface area contributed by atoms with Crippen LogP contribution in [0.1, 0.15) is 106 Å². The van der Waals surface area contributed by atoms with Gasteiger partial charge in [0, 0.05) is 33.6 Å². The zero-order chi connectivity index (χ0) is 46.5. The summed E-state index contributed by atoms with van der Waals surface area (Å²) in [6, 6.07) is 66.8. The molecule has 0 saturated carbocycles. The Labute approximate surface area is 402 Å². The largest absolute Gasteiger partial charge is 0.466 e. The summed E-state index contributed by atoms with van der Waals surface area (Å²) < 4.78 is 7.74. The van der Waals surface area contributed by atoms with Crippen molar-refractivity contribution in [1.82, 2.24) is 0 Å². The van der Waals surface area contributed by atoms with E-state index in [1.807, 2.05) is 0 Å². The summed E-state index contributed by atoms with van der Waals surface area (Å²) in [6.45, 7) is 18.7. The molecule has 13 rings (SSSR count). The van der Waals surface area contributed by atoms with E-state index in [-0.39, 0.29) is 23.1 Å². The highest BCUT2D eigenvalue weighted by molar-refractivity contribution is 6.93. The molecule has 0 amide bonds. The fourth-order valence-corrected chi connectivity index (χ4v) is 12.9. The number of benzene rings is 8. The molecule has 3 nitrogen and oxygen atoms in total. The second-order valence-corrected chi connectivity index (χ2v) is 22.4. The number of hydrogen-bond donors (Lipinski definition) is 0. The van der Waals surface area contributed by atoms with Crippen LogP contribution < -0.4 is 20.8 Å². The number of nitrogens with zero attached hydrogens (tertiary/aromatic N) is 2. The summed E-state index contributed by atoms with van der Waals surface area (Å²) in [4.78, 5) is 5.28. The molecular weight excluding hydrogens is 824 g/mol. The minimum atomic E-state index is -0.585. The summed E-state index contributed by atoms with van der Waals surface area (Å²) in [6.07, 6.45) is 2.27. The van der Waals surface area contributed by atoms with Crippen LogP contribution in [-0.2, 0) is 21.7 Å². The van der Waals surface area contributed by atoms with Crippen LogP contribution in [0.3, 0.4) is 0 Å². The van der Waals surface area contributed by atoms with Crippen molar-refractivity contribution in [3.63, 3.8) is 0 Å². The van der Waals surface area contributed by atoms with Gasteiger partial charge in [0.15, 0.2) is 0 Å². The monoisotopic (exact) mass is 880 g/mol. The van der Waals surface area contributed by atoms with Crippen molar-refractivity contribution in [3.05, 3.63) is 220 Å². The number of rotatable bonds is 4. The summed E-state index contributed by atoms with van der Waals surface area (Å²) >= 11 is 0. The molecule has 332 valence electrons. The minimum Gasteiger partial charge on any atom is -0.466 e. The normalized spacial score (nSPS) is 16.7. The van der Waals surface area contributed by atoms with Gasteiger partial charge < -0.3 is 14.1 Å². The molecule has 0 saturated heterocycles. The molecule has 0 N–H and O–H groups in total. The lowest BCUT2D eigenvalue weighted by Gasteiger charge is -2.52. The SMILES string of the molecule is Cc1cc2c3c(c1)N(c1ccc(C(C)(C)C)cc1-c1ccccc1)c1c(oc4cc5c(cc14)C(C)(C)CCC5(C)C)B3N1c3ccccc3C(c3ccccc3)(c3ccccc3)c3cccc-2c31. The summed E-state index contributed by atoms with van der Waals surface area (Å²) in [5.74, 6) is 0. The van der Waals surface area contributed by atoms with E-state index in [1.54, 1.807) is 0 Å². The highest BCUT2D eigenvalue weighted by atomic mass is 16.3. The third kappa shape index (κ3) is 5.61. The van der Waals surface area contributed by atoms with Crippen LogP contribution in [0.4, 0.5) is 28.4 Å². The Hall–Kier alpha value is -7.04. The number of furan rings is 1. The van der Waals surface area contributed by atoms with Crippen LogP contribution in [0.5, 0.6) is 0 Å². The van der Waals surface area contributed by atoms with Gasteiger partial charge in [0.2, 0.25) is 0 Å². The van der Waals surface area contributed by atoms with Gasteiger partial charge in [-0.1, -0.05) is 188 Å². The third-order valence-corrected chi connectivity index (χ3v) is 16.3. The number of para-hydroxylation sites is 2. The van der Waals surface area contributed by atoms with Gasteiger partial charge in [-0.2, -0.15) is 0 Å². The van der Waals surface area contributed by atoms with Crippen LogP contribution >= 0.6 is 0 Å². The molecule has 3 aliphatic heterocycles. The van der Waals surface area contributed by atoms with E-state index in [0.717, 1.165) is 35.5 Å². The Morgan fingerprint density at radius 2 is 1.13 bits per heavy atom. The fraction of sp³-hybridized carbons (Fsp3) is 0.219. The van der Waals surface area contributed by atoms with E-state index in [2.05, 4.69) is 241 Å². The molecule has 4 heteroatoms. The second-order valence-electron chi connectivity index (χ2n) is 22.4. The quantitative estimate of drug-likeness (QED) is 0.164. The first-order chi connectivity index (χ1) is 32.8. The van der Waals surface area contributed by atoms with Gasteiger partial charge in [-0.25, -0.2) is 0 Å². The fourth-order valence-electron chi connectivity index (χ4n) is 12.9. The van der Waals surface area contributed by atoms with E-state index in [1.165, 1.54) is 94.7 Å². The van der Waals surface area contributed by atoms with Crippen molar-refractivity contribution in [2.24, 2.45) is 0 Å². The Kier molecular flexibility index (Phi) is 8.63. The van der Waals surface area contributed by atoms with Gasteiger partial charge in [0.25, 0.3) is 0 Å². The third-order valence-electron chi connectivity index (χ3n) is 16.3. The molecular formula is C64H57BN2O. The minimum absolute atomic E-state index is 0.0105. The van der Waals surface area contributed by atoms with Crippen molar-refractivity contribution in [2.75, 3.05) is 9.71 Å². The molecule has 0 bridgehead atoms. The zero-order valence-electron chi connectivity index (χ0n) is 40.5. The lowest BCUT2D eigenvalue weighted by Crippen LogP contribution is -2.62. The first kappa shape index (κ1) is 41.2. The molecule has 0 atom stereocenters. The Morgan fingerprint density at radius 3 is 1.81 bits per heavy atom. The van der Waals surface area contributed by atoms with Crippen molar-refractivity contribution in [1.29, 1.82) is 0 Å². The average molecular weight is 881 g/mol. The topological polar surface area (TPSA) is 19.6 Å². The molecule has 8 aromatic carbocycles. The van der Waals surface area contributed by atoms with Gasteiger partial charge in [-0.05, 0) is 134 Å². The standard InChI is InChI=1S/C64H57BN2O/c1-40-35-47-45-27-20-29-50-58(45)67(54-30-19-18-28-49(54)64(50,42-23-14-10-15-24-42)43-25-16-11-17-26-43)65-57(47)55(36-40)66(53-32-31-44(61(2,3)4)37-46(53)41-21-12-9-13-22-41)59-48-38-51-52(39-56(48)68-60(59)65)63(7,8)34-33-62(51,5)6/h9-32,35-39H,33-34H2,1-8H3. The summed E-state index contributed by atoms with van der Waals surface area (Å²) in [5.41, 5.74) is 23.9. The van der Waals surface area contributed by atoms with Crippen LogP contribution in [0, 0.1) is 6.92 Å². The van der Waals surface area contributed by atoms with Crippen molar-refractivity contribution in [2.45, 2.75) is 89.9 Å². The number of fused-ring (bicyclic) bond motifs is 9. The maximum atomic E-state index is 7.74. The molecule has 0 fully saturated rings. The molecule has 9 aromatic rings. The van der Waals surface area contributed by atoms with Gasteiger partial charge >= 0.3 is 6.85 Å². The van der Waals surface area contributed by atoms with Crippen molar-refractivity contribution < 1.29 is 4.42 Å². The Balaban J connectivity index is 1.19. The average Bonchev–Trinajstić information content (AvgIpc) is 3.72. The molecule has 0 radical (unpaired) electrons. The first-order valence-corrected chi connectivity index (χ1v) is 24.7. The molecule has 1 aromatic heterocycles. The maximum Gasteiger partial charge on any atom is 0.375 e. The summed E-state index contributed by atoms with van der Waals surface area (Å²) in [5, 5.41) is 1.17. The predicted octanol–water partition coefficient (Wildman–Crippen LogP) is 15.5. The zero-order valence-corrected chi connectivity index (χ0v) is 40.5. The van der Waals surface area contributed by atoms with Crippen LogP contribution in [0.2, 0.25) is 0 Å². The lowest BCUT2D eigenvalue weighted by molar-refractivity contribution is 0.332. The molecule has 1 aliphatic carbocycles. The van der Waals surface area contributed by atoms with Gasteiger partial charge in [-0.15, -0.1) is 0 Å². The van der Waals surface area contributed by atoms with Gasteiger partial charge in [0.1, 0.15) is 11.2 Å². The van der Waals surface area contributed by atoms with E-state index < -0.39 is 5.41 Å². The van der Waals surface area contributed by atoms with E-state index in [9.17, 15) is 0 Å². The molecule has 0 spiro atoms. The van der Waals surface area contributed by atoms with Crippen LogP contribution in [0.25, 0.3) is 33.2 Å². The molecule has 4 heterocycles. The predicted molar refractivity (Wildman–Crippen MR) is 286 cm³/mol. The lowest BCUT2D eigenvalue weighted by atomic mass is 9.44. The number of anilines is 5. The van der Waals surface area contributed by atoms with E-state index >= 15 is 0 Å². The van der Waals surface area contributed by atoms with E-state index in [0.29, 0.717) is 0 Å². The smallest absolute Gasteiger partial charge is 0.375 e. The first-order valence-electron chi connectivity index (χ1n) is 24.7. The van der Waals surface area contributed by atoms with Crippen LogP contribution in [0.15, 0.2) is 180 Å². The Bertz CT molecular complexity index is 3480. The van der Waals surface area contributed by atoms with Crippen molar-refractivity contribution >= 4 is 57.4 Å².